The maximum atomic E-state index is 11.9. The third kappa shape index (κ3) is 2.85. The second-order valence-corrected chi connectivity index (χ2v) is 4.78. The number of nitrogen functional groups attached to an aromatic ring is 1. The summed E-state index contributed by atoms with van der Waals surface area (Å²) in [6.07, 6.45) is 0. The highest BCUT2D eigenvalue weighted by atomic mass is 16.3. The molecule has 0 saturated heterocycles. The van der Waals surface area contributed by atoms with Crippen molar-refractivity contribution >= 4 is 22.5 Å². The predicted octanol–water partition coefficient (Wildman–Crippen LogP) is 0.934. The van der Waals surface area contributed by atoms with Crippen LogP contribution in [0.1, 0.15) is 13.8 Å². The van der Waals surface area contributed by atoms with Gasteiger partial charge in [-0.2, -0.15) is 0 Å². The van der Waals surface area contributed by atoms with Gasteiger partial charge in [0, 0.05) is 18.3 Å². The molecular formula is C13H18N4O2. The molecule has 6 nitrogen and oxygen atoms in total. The number of fused-ring (bicyclic) bond motifs is 1. The van der Waals surface area contributed by atoms with Crippen LogP contribution in [0.3, 0.4) is 0 Å². The van der Waals surface area contributed by atoms with Gasteiger partial charge in [0.15, 0.2) is 0 Å². The van der Waals surface area contributed by atoms with Gasteiger partial charge in [-0.15, -0.1) is 0 Å². The highest BCUT2D eigenvalue weighted by molar-refractivity contribution is 5.81. The topological polar surface area (TPSA) is 104 Å². The molecule has 0 radical (unpaired) electrons. The smallest absolute Gasteiger partial charge is 0.260 e. The molecule has 0 aliphatic heterocycles. The number of aliphatic hydroxyl groups excluding tert-OH is 1. The molecule has 0 bridgehead atoms. The predicted molar refractivity (Wildman–Crippen MR) is 76.1 cm³/mol. The van der Waals surface area contributed by atoms with Crippen LogP contribution in [0.25, 0.3) is 10.9 Å². The van der Waals surface area contributed by atoms with Gasteiger partial charge in [0.2, 0.25) is 5.95 Å². The van der Waals surface area contributed by atoms with Crippen LogP contribution >= 0.6 is 0 Å². The van der Waals surface area contributed by atoms with Crippen molar-refractivity contribution in [2.45, 2.75) is 19.9 Å². The molecule has 0 saturated carbocycles. The Bertz CT molecular complexity index is 638. The van der Waals surface area contributed by atoms with Crippen LogP contribution in [0.15, 0.2) is 23.0 Å². The molecule has 2 unspecified atom stereocenters. The zero-order valence-corrected chi connectivity index (χ0v) is 11.0. The molecule has 2 aromatic rings. The molecule has 2 rings (SSSR count). The summed E-state index contributed by atoms with van der Waals surface area (Å²) in [7, 11) is 0. The second-order valence-electron chi connectivity index (χ2n) is 4.78. The lowest BCUT2D eigenvalue weighted by Gasteiger charge is -2.19. The Kier molecular flexibility index (Phi) is 3.71. The summed E-state index contributed by atoms with van der Waals surface area (Å²) in [5, 5.41) is 12.6. The first kappa shape index (κ1) is 13.4. The third-order valence-corrected chi connectivity index (χ3v) is 3.24. The van der Waals surface area contributed by atoms with Crippen LogP contribution in [0.2, 0.25) is 0 Å². The molecule has 0 aliphatic rings. The summed E-state index contributed by atoms with van der Waals surface area (Å²) < 4.78 is 0. The summed E-state index contributed by atoms with van der Waals surface area (Å²) in [6, 6.07) is 5.02. The molecule has 1 heterocycles. The minimum atomic E-state index is -0.233. The third-order valence-electron chi connectivity index (χ3n) is 3.24. The van der Waals surface area contributed by atoms with E-state index in [0.717, 1.165) is 0 Å². The van der Waals surface area contributed by atoms with Gasteiger partial charge in [0.25, 0.3) is 5.56 Å². The molecule has 0 spiro atoms. The summed E-state index contributed by atoms with van der Waals surface area (Å²) in [5.74, 6) is 0.461. The summed E-state index contributed by atoms with van der Waals surface area (Å²) in [5.41, 5.74) is 6.53. The summed E-state index contributed by atoms with van der Waals surface area (Å²) in [4.78, 5) is 18.9. The minimum Gasteiger partial charge on any atom is -0.399 e. The van der Waals surface area contributed by atoms with E-state index in [4.69, 9.17) is 10.8 Å². The van der Waals surface area contributed by atoms with E-state index in [1.165, 1.54) is 0 Å². The van der Waals surface area contributed by atoms with E-state index < -0.39 is 0 Å². The van der Waals surface area contributed by atoms with E-state index in [1.807, 2.05) is 13.8 Å². The Balaban J connectivity index is 2.36. The highest BCUT2D eigenvalue weighted by Gasteiger charge is 2.12. The molecule has 1 aromatic heterocycles. The average molecular weight is 262 g/mol. The monoisotopic (exact) mass is 262 g/mol. The number of nitrogens with zero attached hydrogens (tertiary/aromatic N) is 1. The molecule has 6 heteroatoms. The van der Waals surface area contributed by atoms with Gasteiger partial charge in [0.05, 0.1) is 10.9 Å². The summed E-state index contributed by atoms with van der Waals surface area (Å²) in [6.45, 7) is 3.91. The van der Waals surface area contributed by atoms with Crippen molar-refractivity contribution in [3.8, 4) is 0 Å². The van der Waals surface area contributed by atoms with E-state index in [2.05, 4.69) is 15.3 Å². The quantitative estimate of drug-likeness (QED) is 0.614. The minimum absolute atomic E-state index is 0.000573. The molecule has 0 amide bonds. The normalized spacial score (nSPS) is 14.3. The lowest BCUT2D eigenvalue weighted by atomic mass is 10.1. The molecule has 19 heavy (non-hydrogen) atoms. The standard InChI is InChI=1S/C13H18N4O2/c1-7(6-18)8(2)15-13-16-11-4-3-9(14)5-10(11)12(19)17-13/h3-5,7-8,18H,6,14H2,1-2H3,(H2,15,16,17,19). The molecule has 102 valence electrons. The zero-order valence-electron chi connectivity index (χ0n) is 11.0. The van der Waals surface area contributed by atoms with Crippen molar-refractivity contribution in [2.75, 3.05) is 17.7 Å². The van der Waals surface area contributed by atoms with Crippen molar-refractivity contribution in [2.24, 2.45) is 5.92 Å². The number of rotatable bonds is 4. The Hall–Kier alpha value is -2.08. The van der Waals surface area contributed by atoms with Crippen LogP contribution in [0.4, 0.5) is 11.6 Å². The Morgan fingerprint density at radius 2 is 2.21 bits per heavy atom. The first-order chi connectivity index (χ1) is 9.01. The highest BCUT2D eigenvalue weighted by Crippen LogP contribution is 2.14. The Labute approximate surface area is 110 Å². The first-order valence-corrected chi connectivity index (χ1v) is 6.18. The van der Waals surface area contributed by atoms with Gasteiger partial charge in [-0.3, -0.25) is 9.78 Å². The molecule has 1 aromatic carbocycles. The molecule has 0 fully saturated rings. The number of benzene rings is 1. The fourth-order valence-electron chi connectivity index (χ4n) is 1.74. The van der Waals surface area contributed by atoms with Gasteiger partial charge in [-0.1, -0.05) is 6.92 Å². The maximum Gasteiger partial charge on any atom is 0.260 e. The van der Waals surface area contributed by atoms with Crippen molar-refractivity contribution < 1.29 is 5.11 Å². The lowest BCUT2D eigenvalue weighted by Crippen LogP contribution is -2.28. The fourth-order valence-corrected chi connectivity index (χ4v) is 1.74. The molecule has 2 atom stereocenters. The number of nitrogens with one attached hydrogen (secondary N) is 2. The number of nitrogens with two attached hydrogens (primary N) is 1. The van der Waals surface area contributed by atoms with Crippen LogP contribution < -0.4 is 16.6 Å². The Morgan fingerprint density at radius 1 is 1.47 bits per heavy atom. The fraction of sp³-hybridized carbons (Fsp3) is 0.385. The van der Waals surface area contributed by atoms with Crippen molar-refractivity contribution in [1.82, 2.24) is 9.97 Å². The van der Waals surface area contributed by atoms with Gasteiger partial charge in [0.1, 0.15) is 0 Å². The molecular weight excluding hydrogens is 244 g/mol. The average Bonchev–Trinajstić information content (AvgIpc) is 2.38. The van der Waals surface area contributed by atoms with Crippen LogP contribution in [-0.2, 0) is 0 Å². The number of aromatic amines is 1. The zero-order chi connectivity index (χ0) is 14.0. The second kappa shape index (κ2) is 5.27. The number of hydrogen-bond acceptors (Lipinski definition) is 5. The van der Waals surface area contributed by atoms with E-state index in [9.17, 15) is 4.79 Å². The largest absolute Gasteiger partial charge is 0.399 e. The van der Waals surface area contributed by atoms with Crippen LogP contribution in [0, 0.1) is 5.92 Å². The van der Waals surface area contributed by atoms with Crippen molar-refractivity contribution in [1.29, 1.82) is 0 Å². The van der Waals surface area contributed by atoms with Gasteiger partial charge in [-0.05, 0) is 31.0 Å². The number of aliphatic hydroxyl groups is 1. The van der Waals surface area contributed by atoms with Gasteiger partial charge in [-0.25, -0.2) is 4.98 Å². The van der Waals surface area contributed by atoms with Crippen LogP contribution in [-0.4, -0.2) is 27.7 Å². The van der Waals surface area contributed by atoms with Gasteiger partial charge >= 0.3 is 0 Å². The van der Waals surface area contributed by atoms with Crippen molar-refractivity contribution in [3.63, 3.8) is 0 Å². The first-order valence-electron chi connectivity index (χ1n) is 6.18. The number of H-pyrrole nitrogens is 1. The van der Waals surface area contributed by atoms with Crippen LogP contribution in [0.5, 0.6) is 0 Å². The molecule has 0 aliphatic carbocycles. The van der Waals surface area contributed by atoms with Crippen molar-refractivity contribution in [3.05, 3.63) is 28.6 Å². The summed E-state index contributed by atoms with van der Waals surface area (Å²) >= 11 is 0. The maximum absolute atomic E-state index is 11.9. The lowest BCUT2D eigenvalue weighted by molar-refractivity contribution is 0.226. The van der Waals surface area contributed by atoms with Gasteiger partial charge < -0.3 is 16.2 Å². The van der Waals surface area contributed by atoms with E-state index >= 15 is 0 Å². The number of hydrogen-bond donors (Lipinski definition) is 4. The Morgan fingerprint density at radius 3 is 2.89 bits per heavy atom. The molecule has 5 N–H and O–H groups in total. The van der Waals surface area contributed by atoms with E-state index in [1.54, 1.807) is 18.2 Å². The SMILES string of the molecule is CC(CO)C(C)Nc1nc2ccc(N)cc2c(=O)[nH]1. The number of aromatic nitrogens is 2. The van der Waals surface area contributed by atoms with E-state index in [0.29, 0.717) is 22.5 Å². The number of anilines is 2. The van der Waals surface area contributed by atoms with E-state index in [-0.39, 0.29) is 24.1 Å².